The van der Waals surface area contributed by atoms with Crippen molar-refractivity contribution in [2.75, 3.05) is 13.7 Å². The first kappa shape index (κ1) is 11.7. The van der Waals surface area contributed by atoms with Crippen molar-refractivity contribution in [3.05, 3.63) is 40.2 Å². The van der Waals surface area contributed by atoms with Crippen LogP contribution >= 0.6 is 0 Å². The van der Waals surface area contributed by atoms with Crippen molar-refractivity contribution in [1.82, 2.24) is 10.3 Å². The molecule has 0 saturated carbocycles. The molecule has 2 N–H and O–H groups in total. The summed E-state index contributed by atoms with van der Waals surface area (Å²) in [6.45, 7) is 3.14. The number of hydrogen-bond donors (Lipinski definition) is 2. The summed E-state index contributed by atoms with van der Waals surface area (Å²) in [6.07, 6.45) is 0. The van der Waals surface area contributed by atoms with E-state index in [9.17, 15) is 4.79 Å². The van der Waals surface area contributed by atoms with E-state index >= 15 is 0 Å². The first-order valence-electron chi connectivity index (χ1n) is 5.68. The Morgan fingerprint density at radius 1 is 1.35 bits per heavy atom. The van der Waals surface area contributed by atoms with Crippen molar-refractivity contribution in [3.63, 3.8) is 0 Å². The van der Waals surface area contributed by atoms with Gasteiger partial charge in [-0.2, -0.15) is 0 Å². The highest BCUT2D eigenvalue weighted by Gasteiger charge is 2.03. The average molecular weight is 232 g/mol. The van der Waals surface area contributed by atoms with Crippen molar-refractivity contribution in [3.8, 4) is 5.75 Å². The lowest BCUT2D eigenvalue weighted by atomic mass is 10.1. The van der Waals surface area contributed by atoms with E-state index in [1.165, 1.54) is 0 Å². The summed E-state index contributed by atoms with van der Waals surface area (Å²) in [5.74, 6) is 0.822. The summed E-state index contributed by atoms with van der Waals surface area (Å²) in [4.78, 5) is 14.6. The maximum absolute atomic E-state index is 11.7. The molecule has 1 aromatic carbocycles. The first-order chi connectivity index (χ1) is 8.24. The number of rotatable bonds is 4. The molecule has 0 fully saturated rings. The Kier molecular flexibility index (Phi) is 3.44. The zero-order chi connectivity index (χ0) is 12.3. The van der Waals surface area contributed by atoms with Gasteiger partial charge < -0.3 is 15.0 Å². The Morgan fingerprint density at radius 2 is 2.18 bits per heavy atom. The molecule has 90 valence electrons. The molecule has 0 amide bonds. The van der Waals surface area contributed by atoms with Gasteiger partial charge in [0.15, 0.2) is 0 Å². The Morgan fingerprint density at radius 3 is 2.88 bits per heavy atom. The van der Waals surface area contributed by atoms with Crippen LogP contribution in [0.3, 0.4) is 0 Å². The normalized spacial score (nSPS) is 10.7. The van der Waals surface area contributed by atoms with Gasteiger partial charge in [-0.1, -0.05) is 0 Å². The van der Waals surface area contributed by atoms with Gasteiger partial charge in [0.25, 0.3) is 5.56 Å². The first-order valence-corrected chi connectivity index (χ1v) is 5.68. The molecule has 4 heteroatoms. The van der Waals surface area contributed by atoms with Gasteiger partial charge in [-0.15, -0.1) is 0 Å². The molecule has 0 saturated heterocycles. The second-order valence-electron chi connectivity index (χ2n) is 3.84. The third-order valence-electron chi connectivity index (χ3n) is 2.57. The zero-order valence-corrected chi connectivity index (χ0v) is 10.0. The molecule has 0 spiro atoms. The molecule has 0 aliphatic rings. The minimum absolute atomic E-state index is 0.0454. The molecule has 0 aliphatic heterocycles. The lowest BCUT2D eigenvalue weighted by molar-refractivity contribution is 0.340. The fourth-order valence-corrected chi connectivity index (χ4v) is 1.81. The molecular weight excluding hydrogens is 216 g/mol. The molecule has 0 bridgehead atoms. The molecule has 2 rings (SSSR count). The SMILES string of the molecule is CCOc1ccc2[nH]c(=O)c(CNC)cc2c1. The van der Waals surface area contributed by atoms with E-state index in [2.05, 4.69) is 10.3 Å². The predicted octanol–water partition coefficient (Wildman–Crippen LogP) is 1.65. The number of pyridine rings is 1. The van der Waals surface area contributed by atoms with Gasteiger partial charge in [0.2, 0.25) is 0 Å². The number of aromatic amines is 1. The number of H-pyrrole nitrogens is 1. The third kappa shape index (κ3) is 2.47. The van der Waals surface area contributed by atoms with Crippen LogP contribution in [0.2, 0.25) is 0 Å². The maximum atomic E-state index is 11.7. The van der Waals surface area contributed by atoms with Gasteiger partial charge in [-0.25, -0.2) is 0 Å². The van der Waals surface area contributed by atoms with Crippen molar-refractivity contribution < 1.29 is 4.74 Å². The van der Waals surface area contributed by atoms with E-state index in [0.29, 0.717) is 13.2 Å². The van der Waals surface area contributed by atoms with Gasteiger partial charge in [-0.3, -0.25) is 4.79 Å². The van der Waals surface area contributed by atoms with Crippen LogP contribution < -0.4 is 15.6 Å². The monoisotopic (exact) mass is 232 g/mol. The summed E-state index contributed by atoms with van der Waals surface area (Å²) in [7, 11) is 1.82. The lowest BCUT2D eigenvalue weighted by Crippen LogP contribution is -2.18. The number of nitrogens with one attached hydrogen (secondary N) is 2. The fourth-order valence-electron chi connectivity index (χ4n) is 1.81. The van der Waals surface area contributed by atoms with Crippen LogP contribution in [0.25, 0.3) is 10.9 Å². The van der Waals surface area contributed by atoms with Gasteiger partial charge in [0.1, 0.15) is 5.75 Å². The Balaban J connectivity index is 2.52. The molecule has 0 unspecified atom stereocenters. The predicted molar refractivity (Wildman–Crippen MR) is 68.5 cm³/mol. The van der Waals surface area contributed by atoms with E-state index in [4.69, 9.17) is 4.74 Å². The van der Waals surface area contributed by atoms with Crippen LogP contribution in [-0.2, 0) is 6.54 Å². The summed E-state index contributed by atoms with van der Waals surface area (Å²) in [5.41, 5.74) is 1.52. The molecule has 0 radical (unpaired) electrons. The summed E-state index contributed by atoms with van der Waals surface area (Å²) in [6, 6.07) is 7.56. The molecular formula is C13H16N2O2. The van der Waals surface area contributed by atoms with Crippen LogP contribution in [0.4, 0.5) is 0 Å². The zero-order valence-electron chi connectivity index (χ0n) is 10.0. The molecule has 0 aliphatic carbocycles. The molecule has 1 aromatic heterocycles. The highest BCUT2D eigenvalue weighted by Crippen LogP contribution is 2.19. The lowest BCUT2D eigenvalue weighted by Gasteiger charge is -2.06. The fraction of sp³-hybridized carbons (Fsp3) is 0.308. The summed E-state index contributed by atoms with van der Waals surface area (Å²) in [5, 5.41) is 3.96. The van der Waals surface area contributed by atoms with Gasteiger partial charge >= 0.3 is 0 Å². The van der Waals surface area contributed by atoms with Crippen molar-refractivity contribution >= 4 is 10.9 Å². The van der Waals surface area contributed by atoms with E-state index in [0.717, 1.165) is 22.2 Å². The molecule has 1 heterocycles. The Labute approximate surface area is 99.6 Å². The van der Waals surface area contributed by atoms with E-state index in [1.807, 2.05) is 38.2 Å². The molecule has 4 nitrogen and oxygen atoms in total. The van der Waals surface area contributed by atoms with Crippen molar-refractivity contribution in [1.29, 1.82) is 0 Å². The highest BCUT2D eigenvalue weighted by atomic mass is 16.5. The smallest absolute Gasteiger partial charge is 0.252 e. The number of benzene rings is 1. The van der Waals surface area contributed by atoms with Crippen LogP contribution in [0.5, 0.6) is 5.75 Å². The number of fused-ring (bicyclic) bond motifs is 1. The van der Waals surface area contributed by atoms with Gasteiger partial charge in [0, 0.05) is 23.0 Å². The minimum atomic E-state index is -0.0454. The molecule has 17 heavy (non-hydrogen) atoms. The topological polar surface area (TPSA) is 54.1 Å². The van der Waals surface area contributed by atoms with Gasteiger partial charge in [0.05, 0.1) is 6.61 Å². The Hall–Kier alpha value is -1.81. The number of hydrogen-bond acceptors (Lipinski definition) is 3. The summed E-state index contributed by atoms with van der Waals surface area (Å²) < 4.78 is 5.44. The minimum Gasteiger partial charge on any atom is -0.494 e. The quantitative estimate of drug-likeness (QED) is 0.842. The van der Waals surface area contributed by atoms with E-state index < -0.39 is 0 Å². The standard InChI is InChI=1S/C13H16N2O2/c1-3-17-11-4-5-12-9(7-11)6-10(8-14-2)13(16)15-12/h4-7,14H,3,8H2,1-2H3,(H,15,16). The number of ether oxygens (including phenoxy) is 1. The van der Waals surface area contributed by atoms with E-state index in [1.54, 1.807) is 0 Å². The van der Waals surface area contributed by atoms with Crippen LogP contribution in [0.15, 0.2) is 29.1 Å². The maximum Gasteiger partial charge on any atom is 0.252 e. The van der Waals surface area contributed by atoms with Crippen molar-refractivity contribution in [2.24, 2.45) is 0 Å². The van der Waals surface area contributed by atoms with Crippen LogP contribution in [0.1, 0.15) is 12.5 Å². The second-order valence-corrected chi connectivity index (χ2v) is 3.84. The molecule has 0 atom stereocenters. The molecule has 2 aromatic rings. The van der Waals surface area contributed by atoms with Gasteiger partial charge in [-0.05, 0) is 38.2 Å². The van der Waals surface area contributed by atoms with Crippen LogP contribution in [0, 0.1) is 0 Å². The number of aromatic nitrogens is 1. The van der Waals surface area contributed by atoms with Crippen molar-refractivity contribution in [2.45, 2.75) is 13.5 Å². The third-order valence-corrected chi connectivity index (χ3v) is 2.57. The highest BCUT2D eigenvalue weighted by molar-refractivity contribution is 5.80. The van der Waals surface area contributed by atoms with E-state index in [-0.39, 0.29) is 5.56 Å². The second kappa shape index (κ2) is 5.01. The summed E-state index contributed by atoms with van der Waals surface area (Å²) >= 11 is 0. The Bertz CT molecular complexity index is 575. The average Bonchev–Trinajstić information content (AvgIpc) is 2.31. The largest absolute Gasteiger partial charge is 0.494 e. The van der Waals surface area contributed by atoms with Crippen LogP contribution in [-0.4, -0.2) is 18.6 Å².